The Morgan fingerprint density at radius 3 is 2.45 bits per heavy atom. The van der Waals surface area contributed by atoms with Crippen molar-refractivity contribution in [1.29, 1.82) is 0 Å². The molecule has 3 saturated carbocycles. The predicted octanol–water partition coefficient (Wildman–Crippen LogP) is 5.34. The summed E-state index contributed by atoms with van der Waals surface area (Å²) < 4.78 is 0. The molecule has 0 aromatic rings. The molecule has 124 valence electrons. The zero-order chi connectivity index (χ0) is 15.8. The van der Waals surface area contributed by atoms with Gasteiger partial charge in [0.05, 0.1) is 6.10 Å². The Morgan fingerprint density at radius 1 is 0.955 bits per heavy atom. The molecule has 0 aliphatic heterocycles. The summed E-state index contributed by atoms with van der Waals surface area (Å²) in [4.78, 5) is 0. The molecule has 0 heterocycles. The lowest BCUT2D eigenvalue weighted by atomic mass is 9.46. The first-order valence-electron chi connectivity index (χ1n) is 9.65. The van der Waals surface area contributed by atoms with E-state index in [1.165, 1.54) is 38.5 Å². The molecular formula is C21H34O. The highest BCUT2D eigenvalue weighted by Gasteiger charge is 2.60. The Kier molecular flexibility index (Phi) is 3.20. The number of rotatable bonds is 0. The van der Waals surface area contributed by atoms with Crippen molar-refractivity contribution in [2.45, 2.75) is 85.2 Å². The lowest BCUT2D eigenvalue weighted by Gasteiger charge is -2.59. The number of hydrogen-bond acceptors (Lipinski definition) is 1. The summed E-state index contributed by atoms with van der Waals surface area (Å²) in [6.07, 6.45) is 12.7. The van der Waals surface area contributed by atoms with Gasteiger partial charge in [-0.05, 0) is 85.4 Å². The maximum Gasteiger partial charge on any atom is 0.0577 e. The molecule has 6 atom stereocenters. The minimum Gasteiger partial charge on any atom is -0.393 e. The lowest BCUT2D eigenvalue weighted by molar-refractivity contribution is -0.0677. The number of allylic oxidation sites excluding steroid dienone is 1. The van der Waals surface area contributed by atoms with Crippen molar-refractivity contribution < 1.29 is 5.11 Å². The molecule has 0 amide bonds. The Labute approximate surface area is 136 Å². The van der Waals surface area contributed by atoms with Crippen LogP contribution in [0.15, 0.2) is 11.6 Å². The van der Waals surface area contributed by atoms with E-state index in [4.69, 9.17) is 0 Å². The minimum atomic E-state index is -0.0739. The molecule has 0 saturated heterocycles. The van der Waals surface area contributed by atoms with Crippen molar-refractivity contribution in [3.8, 4) is 0 Å². The molecule has 0 bridgehead atoms. The number of fused-ring (bicyclic) bond motifs is 5. The Bertz CT molecular complexity index is 504. The van der Waals surface area contributed by atoms with Crippen LogP contribution in [0.4, 0.5) is 0 Å². The van der Waals surface area contributed by atoms with Crippen LogP contribution < -0.4 is 0 Å². The van der Waals surface area contributed by atoms with Gasteiger partial charge in [0.1, 0.15) is 0 Å². The molecule has 4 rings (SSSR count). The quantitative estimate of drug-likeness (QED) is 0.599. The van der Waals surface area contributed by atoms with Gasteiger partial charge in [0.15, 0.2) is 0 Å². The first-order valence-corrected chi connectivity index (χ1v) is 9.65. The van der Waals surface area contributed by atoms with Gasteiger partial charge in [-0.2, -0.15) is 0 Å². The topological polar surface area (TPSA) is 20.2 Å². The van der Waals surface area contributed by atoms with Gasteiger partial charge < -0.3 is 5.11 Å². The first kappa shape index (κ1) is 15.2. The van der Waals surface area contributed by atoms with Crippen molar-refractivity contribution in [3.63, 3.8) is 0 Å². The molecule has 4 aliphatic carbocycles. The van der Waals surface area contributed by atoms with Crippen molar-refractivity contribution in [3.05, 3.63) is 11.6 Å². The second-order valence-corrected chi connectivity index (χ2v) is 10.0. The third-order valence-corrected chi connectivity index (χ3v) is 9.09. The van der Waals surface area contributed by atoms with Crippen molar-refractivity contribution in [1.82, 2.24) is 0 Å². The van der Waals surface area contributed by atoms with Crippen LogP contribution in [-0.4, -0.2) is 11.2 Å². The van der Waals surface area contributed by atoms with E-state index < -0.39 is 0 Å². The van der Waals surface area contributed by atoms with E-state index in [-0.39, 0.29) is 6.10 Å². The standard InChI is InChI=1S/C21H34O/c1-19(2)10-8-18-16-6-5-14-13-15(22)7-11-20(14,3)17(16)9-12-21(18,19)4/h5,15-18,22H,6-13H2,1-4H3. The van der Waals surface area contributed by atoms with Crippen LogP contribution in [0, 0.1) is 34.0 Å². The molecule has 0 aromatic heterocycles. The highest BCUT2D eigenvalue weighted by Crippen LogP contribution is 2.69. The molecule has 6 unspecified atom stereocenters. The number of aliphatic hydroxyl groups excluding tert-OH is 1. The predicted molar refractivity (Wildman–Crippen MR) is 91.5 cm³/mol. The smallest absolute Gasteiger partial charge is 0.0577 e. The van der Waals surface area contributed by atoms with Crippen LogP contribution in [0.25, 0.3) is 0 Å². The van der Waals surface area contributed by atoms with Crippen LogP contribution in [0.3, 0.4) is 0 Å². The summed E-state index contributed by atoms with van der Waals surface area (Å²) in [6.45, 7) is 10.2. The van der Waals surface area contributed by atoms with E-state index >= 15 is 0 Å². The second kappa shape index (κ2) is 4.62. The zero-order valence-corrected chi connectivity index (χ0v) is 15.0. The SMILES string of the molecule is CC12CCC(O)CC1=CCC1C2CCC2(C)C1CCC2(C)C. The third-order valence-electron chi connectivity index (χ3n) is 9.09. The maximum absolute atomic E-state index is 10.1. The first-order chi connectivity index (χ1) is 10.3. The number of hydrogen-bond donors (Lipinski definition) is 1. The molecule has 0 spiro atoms. The summed E-state index contributed by atoms with van der Waals surface area (Å²) >= 11 is 0. The summed E-state index contributed by atoms with van der Waals surface area (Å²) in [5.74, 6) is 2.72. The van der Waals surface area contributed by atoms with Crippen LogP contribution in [0.2, 0.25) is 0 Å². The van der Waals surface area contributed by atoms with E-state index in [0.717, 1.165) is 30.6 Å². The third kappa shape index (κ3) is 1.81. The second-order valence-electron chi connectivity index (χ2n) is 10.0. The van der Waals surface area contributed by atoms with Gasteiger partial charge in [-0.3, -0.25) is 0 Å². The molecule has 22 heavy (non-hydrogen) atoms. The van der Waals surface area contributed by atoms with E-state index in [9.17, 15) is 5.11 Å². The molecule has 0 radical (unpaired) electrons. The summed E-state index contributed by atoms with van der Waals surface area (Å²) in [5.41, 5.74) is 3.09. The lowest BCUT2D eigenvalue weighted by Crippen LogP contribution is -2.51. The van der Waals surface area contributed by atoms with Gasteiger partial charge in [0.25, 0.3) is 0 Å². The van der Waals surface area contributed by atoms with Gasteiger partial charge in [-0.1, -0.05) is 39.3 Å². The van der Waals surface area contributed by atoms with Gasteiger partial charge >= 0.3 is 0 Å². The monoisotopic (exact) mass is 302 g/mol. The fraction of sp³-hybridized carbons (Fsp3) is 0.905. The van der Waals surface area contributed by atoms with Crippen LogP contribution in [-0.2, 0) is 0 Å². The highest BCUT2D eigenvalue weighted by molar-refractivity contribution is 5.25. The minimum absolute atomic E-state index is 0.0739. The largest absolute Gasteiger partial charge is 0.393 e. The molecule has 4 aliphatic rings. The average Bonchev–Trinajstić information content (AvgIpc) is 2.70. The molecule has 0 aromatic carbocycles. The molecule has 1 heteroatoms. The Hall–Kier alpha value is -0.300. The summed E-state index contributed by atoms with van der Waals surface area (Å²) in [6, 6.07) is 0. The van der Waals surface area contributed by atoms with Crippen molar-refractivity contribution >= 4 is 0 Å². The van der Waals surface area contributed by atoms with Gasteiger partial charge in [-0.15, -0.1) is 0 Å². The van der Waals surface area contributed by atoms with E-state index in [1.54, 1.807) is 5.57 Å². The summed E-state index contributed by atoms with van der Waals surface area (Å²) in [5, 5.41) is 10.1. The average molecular weight is 303 g/mol. The Morgan fingerprint density at radius 2 is 1.68 bits per heavy atom. The Balaban J connectivity index is 1.69. The van der Waals surface area contributed by atoms with E-state index in [0.29, 0.717) is 16.2 Å². The summed E-state index contributed by atoms with van der Waals surface area (Å²) in [7, 11) is 0. The van der Waals surface area contributed by atoms with Gasteiger partial charge in [0.2, 0.25) is 0 Å². The van der Waals surface area contributed by atoms with Gasteiger partial charge in [-0.25, -0.2) is 0 Å². The zero-order valence-electron chi connectivity index (χ0n) is 15.0. The molecule has 1 N–H and O–H groups in total. The van der Waals surface area contributed by atoms with E-state index in [2.05, 4.69) is 33.8 Å². The fourth-order valence-electron chi connectivity index (χ4n) is 7.14. The number of aliphatic hydroxyl groups is 1. The van der Waals surface area contributed by atoms with Gasteiger partial charge in [0, 0.05) is 0 Å². The molecular weight excluding hydrogens is 268 g/mol. The van der Waals surface area contributed by atoms with Crippen molar-refractivity contribution in [2.75, 3.05) is 0 Å². The van der Waals surface area contributed by atoms with E-state index in [1.807, 2.05) is 0 Å². The van der Waals surface area contributed by atoms with Crippen molar-refractivity contribution in [2.24, 2.45) is 34.0 Å². The maximum atomic E-state index is 10.1. The normalized spacial score (nSPS) is 53.2. The molecule has 3 fully saturated rings. The van der Waals surface area contributed by atoms with Crippen LogP contribution >= 0.6 is 0 Å². The fourth-order valence-corrected chi connectivity index (χ4v) is 7.14. The molecule has 1 nitrogen and oxygen atoms in total. The van der Waals surface area contributed by atoms with Crippen LogP contribution in [0.1, 0.15) is 79.1 Å². The van der Waals surface area contributed by atoms with Crippen LogP contribution in [0.5, 0.6) is 0 Å². The highest BCUT2D eigenvalue weighted by atomic mass is 16.3.